The Morgan fingerprint density at radius 1 is 1.75 bits per heavy atom. The minimum Gasteiger partial charge on any atom is -0.476 e. The second-order valence-electron chi connectivity index (χ2n) is 2.48. The monoisotopic (exact) mass is 218 g/mol. The Labute approximate surface area is 89.8 Å². The lowest BCUT2D eigenvalue weighted by molar-refractivity contribution is 0.0691. The number of hydrogen-bond donors (Lipinski definition) is 2. The highest BCUT2D eigenvalue weighted by Crippen LogP contribution is 2.04. The number of rotatable bonds is 2. The molecular formula is C8H6N6O2. The summed E-state index contributed by atoms with van der Waals surface area (Å²) in [5.41, 5.74) is 13.1. The number of hydrogen-bond acceptors (Lipinski definition) is 5. The van der Waals surface area contributed by atoms with Crippen LogP contribution in [0.1, 0.15) is 16.2 Å². The largest absolute Gasteiger partial charge is 0.476 e. The second-order valence-corrected chi connectivity index (χ2v) is 2.48. The highest BCUT2D eigenvalue weighted by molar-refractivity contribution is 5.90. The number of anilines is 1. The predicted molar refractivity (Wildman–Crippen MR) is 54.3 cm³/mol. The molecule has 0 bridgehead atoms. The van der Waals surface area contributed by atoms with E-state index in [4.69, 9.17) is 16.4 Å². The highest BCUT2D eigenvalue weighted by Gasteiger charge is 2.10. The van der Waals surface area contributed by atoms with E-state index in [2.05, 4.69) is 31.8 Å². The topological polar surface area (TPSA) is 138 Å². The summed E-state index contributed by atoms with van der Waals surface area (Å²) in [5.74, 6) is 3.53. The third kappa shape index (κ3) is 2.87. The van der Waals surface area contributed by atoms with Crippen molar-refractivity contribution in [2.75, 3.05) is 12.3 Å². The van der Waals surface area contributed by atoms with Crippen LogP contribution in [0.4, 0.5) is 5.82 Å². The molecule has 0 saturated heterocycles. The van der Waals surface area contributed by atoms with Crippen molar-refractivity contribution in [2.45, 2.75) is 0 Å². The Hall–Kier alpha value is -2.78. The lowest BCUT2D eigenvalue weighted by atomic mass is 10.3. The van der Waals surface area contributed by atoms with Gasteiger partial charge in [0.25, 0.3) is 0 Å². The van der Waals surface area contributed by atoms with Crippen molar-refractivity contribution < 1.29 is 9.90 Å². The maximum Gasteiger partial charge on any atom is 0.358 e. The van der Waals surface area contributed by atoms with Crippen LogP contribution in [0.2, 0.25) is 0 Å². The van der Waals surface area contributed by atoms with Crippen molar-refractivity contribution in [1.82, 2.24) is 9.97 Å². The molecule has 0 radical (unpaired) electrons. The van der Waals surface area contributed by atoms with E-state index in [9.17, 15) is 4.79 Å². The maximum atomic E-state index is 10.7. The summed E-state index contributed by atoms with van der Waals surface area (Å²) in [5, 5.41) is 11.9. The van der Waals surface area contributed by atoms with Crippen LogP contribution >= 0.6 is 0 Å². The van der Waals surface area contributed by atoms with Gasteiger partial charge < -0.3 is 10.8 Å². The first-order chi connectivity index (χ1) is 7.65. The van der Waals surface area contributed by atoms with E-state index in [0.29, 0.717) is 0 Å². The summed E-state index contributed by atoms with van der Waals surface area (Å²) >= 11 is 0. The van der Waals surface area contributed by atoms with Crippen LogP contribution in [0.25, 0.3) is 10.4 Å². The van der Waals surface area contributed by atoms with E-state index in [1.807, 2.05) is 0 Å². The van der Waals surface area contributed by atoms with Crippen LogP contribution in [0.15, 0.2) is 11.3 Å². The maximum absolute atomic E-state index is 10.7. The Morgan fingerprint density at radius 3 is 3.12 bits per heavy atom. The highest BCUT2D eigenvalue weighted by atomic mass is 16.4. The summed E-state index contributed by atoms with van der Waals surface area (Å²) in [6, 6.07) is 0. The number of carbonyl (C=O) groups is 1. The molecule has 0 aliphatic rings. The number of nitrogen functional groups attached to an aromatic ring is 1. The van der Waals surface area contributed by atoms with Gasteiger partial charge in [0, 0.05) is 4.91 Å². The predicted octanol–water partition coefficient (Wildman–Crippen LogP) is 0.419. The average molecular weight is 218 g/mol. The van der Waals surface area contributed by atoms with Crippen LogP contribution in [0.5, 0.6) is 0 Å². The first kappa shape index (κ1) is 11.3. The minimum absolute atomic E-state index is 0.0229. The fourth-order valence-corrected chi connectivity index (χ4v) is 0.813. The Bertz CT molecular complexity index is 523. The molecule has 0 aliphatic heterocycles. The number of aromatic nitrogens is 2. The van der Waals surface area contributed by atoms with Crippen molar-refractivity contribution in [3.8, 4) is 11.8 Å². The SMILES string of the molecule is [N-]=[N+]=NCC#Cc1cnc(N)c(C(=O)O)n1. The second kappa shape index (κ2) is 5.19. The summed E-state index contributed by atoms with van der Waals surface area (Å²) in [6.07, 6.45) is 1.24. The summed E-state index contributed by atoms with van der Waals surface area (Å²) < 4.78 is 0. The Kier molecular flexibility index (Phi) is 3.66. The van der Waals surface area contributed by atoms with Gasteiger partial charge in [-0.1, -0.05) is 11.0 Å². The zero-order chi connectivity index (χ0) is 12.0. The van der Waals surface area contributed by atoms with E-state index in [0.717, 1.165) is 0 Å². The third-order valence-electron chi connectivity index (χ3n) is 1.43. The molecule has 16 heavy (non-hydrogen) atoms. The lowest BCUT2D eigenvalue weighted by Crippen LogP contribution is -2.08. The van der Waals surface area contributed by atoms with Crippen LogP contribution in [0, 0.1) is 11.8 Å². The minimum atomic E-state index is -1.27. The van der Waals surface area contributed by atoms with Gasteiger partial charge in [-0.2, -0.15) is 0 Å². The van der Waals surface area contributed by atoms with Gasteiger partial charge in [-0.05, 0) is 11.5 Å². The summed E-state index contributed by atoms with van der Waals surface area (Å²) in [6.45, 7) is -0.0229. The average Bonchev–Trinajstić information content (AvgIpc) is 2.26. The van der Waals surface area contributed by atoms with Gasteiger partial charge in [-0.3, -0.25) is 0 Å². The molecule has 1 heterocycles. The zero-order valence-corrected chi connectivity index (χ0v) is 7.95. The molecule has 8 nitrogen and oxygen atoms in total. The van der Waals surface area contributed by atoms with Gasteiger partial charge in [-0.25, -0.2) is 14.8 Å². The molecule has 0 fully saturated rings. The van der Waals surface area contributed by atoms with Crippen molar-refractivity contribution >= 4 is 11.8 Å². The summed E-state index contributed by atoms with van der Waals surface area (Å²) in [7, 11) is 0. The van der Waals surface area contributed by atoms with Gasteiger partial charge in [0.15, 0.2) is 11.5 Å². The molecule has 1 rings (SSSR count). The lowest BCUT2D eigenvalue weighted by Gasteiger charge is -1.97. The third-order valence-corrected chi connectivity index (χ3v) is 1.43. The van der Waals surface area contributed by atoms with Gasteiger partial charge in [0.05, 0.1) is 12.7 Å². The van der Waals surface area contributed by atoms with Gasteiger partial charge in [-0.15, -0.1) is 0 Å². The smallest absolute Gasteiger partial charge is 0.358 e. The Balaban J connectivity index is 2.97. The van der Waals surface area contributed by atoms with Crippen LogP contribution in [0.3, 0.4) is 0 Å². The Morgan fingerprint density at radius 2 is 2.50 bits per heavy atom. The molecule has 0 amide bonds. The van der Waals surface area contributed by atoms with Crippen LogP contribution < -0.4 is 5.73 Å². The van der Waals surface area contributed by atoms with Crippen molar-refractivity contribution in [1.29, 1.82) is 0 Å². The molecule has 0 aromatic carbocycles. The normalized spacial score (nSPS) is 8.50. The van der Waals surface area contributed by atoms with Crippen LogP contribution in [-0.4, -0.2) is 27.6 Å². The summed E-state index contributed by atoms with van der Waals surface area (Å²) in [4.78, 5) is 20.5. The molecule has 8 heteroatoms. The van der Waals surface area contributed by atoms with E-state index in [-0.39, 0.29) is 23.8 Å². The molecule has 3 N–H and O–H groups in total. The number of carboxylic acids is 1. The molecule has 0 saturated carbocycles. The van der Waals surface area contributed by atoms with Crippen LogP contribution in [-0.2, 0) is 0 Å². The molecule has 0 unspecified atom stereocenters. The number of carboxylic acid groups (broad SMARTS) is 1. The standard InChI is InChI=1S/C8H6N6O2/c9-7-6(8(15)16)13-5(4-11-7)2-1-3-12-14-10/h4H,3H2,(H2,9,11)(H,15,16). The molecule has 0 aliphatic carbocycles. The van der Waals surface area contributed by atoms with Crippen molar-refractivity contribution in [3.05, 3.63) is 28.0 Å². The first-order valence-electron chi connectivity index (χ1n) is 4.00. The van der Waals surface area contributed by atoms with E-state index >= 15 is 0 Å². The number of azide groups is 1. The van der Waals surface area contributed by atoms with Gasteiger partial charge >= 0.3 is 5.97 Å². The molecule has 0 spiro atoms. The fraction of sp³-hybridized carbons (Fsp3) is 0.125. The number of nitrogens with two attached hydrogens (primary N) is 1. The van der Waals surface area contributed by atoms with E-state index < -0.39 is 5.97 Å². The van der Waals surface area contributed by atoms with Crippen molar-refractivity contribution in [2.24, 2.45) is 5.11 Å². The molecule has 1 aromatic heterocycles. The van der Waals surface area contributed by atoms with Gasteiger partial charge in [0.2, 0.25) is 0 Å². The zero-order valence-electron chi connectivity index (χ0n) is 7.95. The van der Waals surface area contributed by atoms with Crippen molar-refractivity contribution in [3.63, 3.8) is 0 Å². The molecule has 0 atom stereocenters. The quantitative estimate of drug-likeness (QED) is 0.320. The molecular weight excluding hydrogens is 212 g/mol. The first-order valence-corrected chi connectivity index (χ1v) is 4.00. The number of nitrogens with zero attached hydrogens (tertiary/aromatic N) is 5. The van der Waals surface area contributed by atoms with E-state index in [1.54, 1.807) is 0 Å². The van der Waals surface area contributed by atoms with E-state index in [1.165, 1.54) is 6.20 Å². The molecule has 80 valence electrons. The van der Waals surface area contributed by atoms with Gasteiger partial charge in [0.1, 0.15) is 5.69 Å². The fourth-order valence-electron chi connectivity index (χ4n) is 0.813. The molecule has 1 aromatic rings. The number of aromatic carboxylic acids is 1.